The largest absolute Gasteiger partial charge is 0.468 e. The highest BCUT2D eigenvalue weighted by Gasteiger charge is 2.42. The summed E-state index contributed by atoms with van der Waals surface area (Å²) in [6, 6.07) is 0. The first-order valence-corrected chi connectivity index (χ1v) is 6.05. The summed E-state index contributed by atoms with van der Waals surface area (Å²) in [6.45, 7) is 0.791. The number of nitrogens with one attached hydrogen (secondary N) is 1. The van der Waals surface area contributed by atoms with Crippen molar-refractivity contribution < 1.29 is 14.3 Å². The average Bonchev–Trinajstić information content (AvgIpc) is 2.43. The highest BCUT2D eigenvalue weighted by molar-refractivity contribution is 5.80. The van der Waals surface area contributed by atoms with Gasteiger partial charge in [0.05, 0.1) is 13.2 Å². The molecule has 18 heavy (non-hydrogen) atoms. The fraction of sp³-hybridized carbons (Fsp3) is 0.909. The highest BCUT2D eigenvalue weighted by Crippen LogP contribution is 2.30. The Morgan fingerprint density at radius 2 is 2.17 bits per heavy atom. The van der Waals surface area contributed by atoms with Crippen molar-refractivity contribution in [2.24, 2.45) is 5.11 Å². The Labute approximate surface area is 106 Å². The van der Waals surface area contributed by atoms with E-state index in [4.69, 9.17) is 15.0 Å². The highest BCUT2D eigenvalue weighted by atomic mass is 16.5. The van der Waals surface area contributed by atoms with Gasteiger partial charge < -0.3 is 14.8 Å². The minimum absolute atomic E-state index is 0.210. The van der Waals surface area contributed by atoms with E-state index in [0.29, 0.717) is 25.9 Å². The van der Waals surface area contributed by atoms with Gasteiger partial charge in [0, 0.05) is 25.1 Å². The van der Waals surface area contributed by atoms with E-state index in [2.05, 4.69) is 15.3 Å². The number of azide groups is 1. The molecule has 0 aromatic carbocycles. The molecule has 0 aliphatic heterocycles. The summed E-state index contributed by atoms with van der Waals surface area (Å²) in [5.41, 5.74) is 7.55. The van der Waals surface area contributed by atoms with Crippen LogP contribution in [0.3, 0.4) is 0 Å². The molecule has 7 heteroatoms. The second-order valence-electron chi connectivity index (χ2n) is 4.39. The zero-order chi connectivity index (χ0) is 13.4. The normalized spacial score (nSPS) is 27.3. The van der Waals surface area contributed by atoms with Gasteiger partial charge in [-0.1, -0.05) is 5.11 Å². The molecule has 1 aliphatic rings. The summed E-state index contributed by atoms with van der Waals surface area (Å²) in [7, 11) is 3.08. The Morgan fingerprint density at radius 1 is 1.50 bits per heavy atom. The van der Waals surface area contributed by atoms with Crippen molar-refractivity contribution in [1.82, 2.24) is 5.32 Å². The SMILES string of the molecule is COC(=O)C1(NCCN=[N+]=[N-])CCC(OC)CC1. The number of carbonyl (C=O) groups is 1. The van der Waals surface area contributed by atoms with Gasteiger partial charge >= 0.3 is 5.97 Å². The number of carbonyl (C=O) groups excluding carboxylic acids is 1. The number of nitrogens with zero attached hydrogens (tertiary/aromatic N) is 3. The van der Waals surface area contributed by atoms with Gasteiger partial charge in [-0.05, 0) is 31.2 Å². The van der Waals surface area contributed by atoms with E-state index in [0.717, 1.165) is 12.8 Å². The van der Waals surface area contributed by atoms with Crippen LogP contribution in [0.1, 0.15) is 25.7 Å². The number of rotatable bonds is 6. The summed E-state index contributed by atoms with van der Waals surface area (Å²) < 4.78 is 10.2. The van der Waals surface area contributed by atoms with Crippen molar-refractivity contribution in [3.8, 4) is 0 Å². The van der Waals surface area contributed by atoms with Gasteiger partial charge in [-0.3, -0.25) is 4.79 Å². The van der Waals surface area contributed by atoms with E-state index in [-0.39, 0.29) is 12.1 Å². The van der Waals surface area contributed by atoms with Gasteiger partial charge in [-0.2, -0.15) is 0 Å². The quantitative estimate of drug-likeness (QED) is 0.255. The molecule has 0 bridgehead atoms. The van der Waals surface area contributed by atoms with Crippen molar-refractivity contribution in [1.29, 1.82) is 0 Å². The lowest BCUT2D eigenvalue weighted by atomic mass is 9.80. The lowest BCUT2D eigenvalue weighted by Gasteiger charge is -2.38. The molecule has 0 radical (unpaired) electrons. The molecule has 0 aromatic heterocycles. The minimum atomic E-state index is -0.658. The van der Waals surface area contributed by atoms with Crippen LogP contribution in [0.25, 0.3) is 10.4 Å². The molecule has 1 N–H and O–H groups in total. The molecule has 1 rings (SSSR count). The summed E-state index contributed by atoms with van der Waals surface area (Å²) >= 11 is 0. The third-order valence-electron chi connectivity index (χ3n) is 3.43. The van der Waals surface area contributed by atoms with Crippen LogP contribution >= 0.6 is 0 Å². The van der Waals surface area contributed by atoms with Crippen LogP contribution in [0.15, 0.2) is 5.11 Å². The molecule has 7 nitrogen and oxygen atoms in total. The molecule has 1 aliphatic carbocycles. The average molecular weight is 256 g/mol. The molecule has 0 atom stereocenters. The first kappa shape index (κ1) is 14.8. The van der Waals surface area contributed by atoms with Crippen LogP contribution in [0.2, 0.25) is 0 Å². The summed E-state index contributed by atoms with van der Waals surface area (Å²) in [6.07, 6.45) is 3.20. The van der Waals surface area contributed by atoms with Crippen LogP contribution in [-0.2, 0) is 14.3 Å². The van der Waals surface area contributed by atoms with Crippen molar-refractivity contribution in [3.05, 3.63) is 10.4 Å². The topological polar surface area (TPSA) is 96.3 Å². The second kappa shape index (κ2) is 7.20. The lowest BCUT2D eigenvalue weighted by Crippen LogP contribution is -2.56. The zero-order valence-electron chi connectivity index (χ0n) is 10.9. The summed E-state index contributed by atoms with van der Waals surface area (Å²) in [5.74, 6) is -0.252. The van der Waals surface area contributed by atoms with Gasteiger partial charge in [0.25, 0.3) is 0 Å². The van der Waals surface area contributed by atoms with Gasteiger partial charge in [0.2, 0.25) is 0 Å². The molecule has 1 saturated carbocycles. The van der Waals surface area contributed by atoms with Crippen LogP contribution in [0, 0.1) is 0 Å². The van der Waals surface area contributed by atoms with E-state index in [1.54, 1.807) is 7.11 Å². The molecule has 0 unspecified atom stereocenters. The predicted molar refractivity (Wildman–Crippen MR) is 66.0 cm³/mol. The van der Waals surface area contributed by atoms with Crippen LogP contribution < -0.4 is 5.32 Å². The number of hydrogen-bond acceptors (Lipinski definition) is 5. The van der Waals surface area contributed by atoms with E-state index >= 15 is 0 Å². The Morgan fingerprint density at radius 3 is 2.67 bits per heavy atom. The van der Waals surface area contributed by atoms with Gasteiger partial charge in [0.15, 0.2) is 0 Å². The molecule has 0 amide bonds. The van der Waals surface area contributed by atoms with Crippen LogP contribution in [0.4, 0.5) is 0 Å². The van der Waals surface area contributed by atoms with Crippen molar-refractivity contribution in [3.63, 3.8) is 0 Å². The monoisotopic (exact) mass is 256 g/mol. The molecule has 102 valence electrons. The number of esters is 1. The maximum Gasteiger partial charge on any atom is 0.326 e. The first-order valence-electron chi connectivity index (χ1n) is 6.05. The third-order valence-corrected chi connectivity index (χ3v) is 3.43. The smallest absolute Gasteiger partial charge is 0.326 e. The number of ether oxygens (including phenoxy) is 2. The molecule has 0 heterocycles. The van der Waals surface area contributed by atoms with E-state index in [1.165, 1.54) is 7.11 Å². The van der Waals surface area contributed by atoms with Crippen LogP contribution in [-0.4, -0.2) is 44.9 Å². The maximum atomic E-state index is 11.9. The third kappa shape index (κ3) is 3.60. The fourth-order valence-corrected chi connectivity index (χ4v) is 2.36. The number of methoxy groups -OCH3 is 2. The van der Waals surface area contributed by atoms with E-state index in [9.17, 15) is 4.79 Å². The molecule has 0 spiro atoms. The predicted octanol–water partition coefficient (Wildman–Crippen LogP) is 1.39. The number of hydrogen-bond donors (Lipinski definition) is 1. The molecule has 0 saturated heterocycles. The van der Waals surface area contributed by atoms with E-state index in [1.807, 2.05) is 0 Å². The Bertz CT molecular complexity index is 320. The van der Waals surface area contributed by atoms with Crippen molar-refractivity contribution in [2.45, 2.75) is 37.3 Å². The fourth-order valence-electron chi connectivity index (χ4n) is 2.36. The summed E-state index contributed by atoms with van der Waals surface area (Å²) in [4.78, 5) is 14.6. The molecular weight excluding hydrogens is 236 g/mol. The van der Waals surface area contributed by atoms with Crippen LogP contribution in [0.5, 0.6) is 0 Å². The molecular formula is C11H20N4O3. The summed E-state index contributed by atoms with van der Waals surface area (Å²) in [5, 5.41) is 6.62. The zero-order valence-corrected chi connectivity index (χ0v) is 10.9. The Balaban J connectivity index is 2.60. The van der Waals surface area contributed by atoms with Crippen molar-refractivity contribution >= 4 is 5.97 Å². The Kier molecular flexibility index (Phi) is 5.91. The first-order chi connectivity index (χ1) is 8.68. The Hall–Kier alpha value is -1.30. The van der Waals surface area contributed by atoms with Crippen molar-refractivity contribution in [2.75, 3.05) is 27.3 Å². The lowest BCUT2D eigenvalue weighted by molar-refractivity contribution is -0.151. The standard InChI is InChI=1S/C11H20N4O3/c1-17-9-3-5-11(6-4-9,10(16)18-2)13-7-8-14-15-12/h9,13H,3-8H2,1-2H3. The van der Waals surface area contributed by atoms with Gasteiger partial charge in [0.1, 0.15) is 5.54 Å². The molecule has 0 aromatic rings. The van der Waals surface area contributed by atoms with Gasteiger partial charge in [-0.25, -0.2) is 0 Å². The molecule has 1 fully saturated rings. The maximum absolute atomic E-state index is 11.9. The second-order valence-corrected chi connectivity index (χ2v) is 4.39. The van der Waals surface area contributed by atoms with E-state index < -0.39 is 5.54 Å². The van der Waals surface area contributed by atoms with Gasteiger partial charge in [-0.15, -0.1) is 0 Å². The minimum Gasteiger partial charge on any atom is -0.468 e.